The van der Waals surface area contributed by atoms with Crippen LogP contribution in [0, 0.1) is 11.7 Å². The average molecular weight is 563 g/mol. The van der Waals surface area contributed by atoms with E-state index < -0.39 is 65.3 Å². The molecule has 3 fully saturated rings. The first-order chi connectivity index (χ1) is 18.0. The van der Waals surface area contributed by atoms with Crippen molar-refractivity contribution in [3.8, 4) is 0 Å². The van der Waals surface area contributed by atoms with Crippen LogP contribution in [-0.4, -0.2) is 62.6 Å². The van der Waals surface area contributed by atoms with Gasteiger partial charge in [0.05, 0.1) is 34.9 Å². The predicted molar refractivity (Wildman–Crippen MR) is 129 cm³/mol. The van der Waals surface area contributed by atoms with Crippen molar-refractivity contribution in [3.63, 3.8) is 0 Å². The van der Waals surface area contributed by atoms with Gasteiger partial charge in [-0.1, -0.05) is 6.08 Å². The van der Waals surface area contributed by atoms with Crippen molar-refractivity contribution in [2.75, 3.05) is 11.4 Å². The summed E-state index contributed by atoms with van der Waals surface area (Å²) >= 11 is 0. The number of rotatable bonds is 6. The molecule has 0 saturated carbocycles. The molecule has 0 radical (unpaired) electrons. The topological polar surface area (TPSA) is 65.5 Å². The Morgan fingerprint density at radius 1 is 1.16 bits per heavy atom. The SMILES string of the molecule is O=C(NCc1cc(N2C3CCC2CC(C(F)(F)F)C3)c(F)cn1)[C@@H]1C[C@@H](F)CN1S(=O)C1=CCC(F)C=C1. The summed E-state index contributed by atoms with van der Waals surface area (Å²) in [5.41, 5.74) is 0.452. The van der Waals surface area contributed by atoms with Crippen LogP contribution in [0.1, 0.15) is 44.2 Å². The minimum atomic E-state index is -4.28. The van der Waals surface area contributed by atoms with Crippen LogP contribution >= 0.6 is 0 Å². The van der Waals surface area contributed by atoms with Gasteiger partial charge in [-0.05, 0) is 43.9 Å². The molecule has 4 unspecified atom stereocenters. The van der Waals surface area contributed by atoms with Crippen LogP contribution in [0.4, 0.5) is 32.0 Å². The lowest BCUT2D eigenvalue weighted by molar-refractivity contribution is -0.182. The zero-order valence-electron chi connectivity index (χ0n) is 20.3. The van der Waals surface area contributed by atoms with Crippen molar-refractivity contribution in [1.82, 2.24) is 14.6 Å². The molecule has 0 spiro atoms. The van der Waals surface area contributed by atoms with Crippen molar-refractivity contribution in [3.05, 3.63) is 46.9 Å². The molecule has 3 saturated heterocycles. The molecule has 1 aromatic heterocycles. The number of carbonyl (C=O) groups excluding carboxylic acids is 1. The Balaban J connectivity index is 1.25. The largest absolute Gasteiger partial charge is 0.391 e. The van der Waals surface area contributed by atoms with E-state index in [0.717, 1.165) is 6.20 Å². The average Bonchev–Trinajstić information content (AvgIpc) is 3.38. The number of hydrogen-bond acceptors (Lipinski definition) is 4. The van der Waals surface area contributed by atoms with Gasteiger partial charge in [0.2, 0.25) is 5.91 Å². The maximum absolute atomic E-state index is 14.8. The lowest BCUT2D eigenvalue weighted by Crippen LogP contribution is -2.47. The normalized spacial score (nSPS) is 32.4. The molecule has 2 bridgehead atoms. The molecule has 5 rings (SSSR count). The fourth-order valence-electron chi connectivity index (χ4n) is 5.91. The van der Waals surface area contributed by atoms with E-state index >= 15 is 0 Å². The summed E-state index contributed by atoms with van der Waals surface area (Å²) in [6.07, 6.45) is -0.955. The van der Waals surface area contributed by atoms with E-state index in [1.54, 1.807) is 4.90 Å². The number of halogens is 6. The lowest BCUT2D eigenvalue weighted by atomic mass is 9.89. The molecule has 6 atom stereocenters. The third-order valence-corrected chi connectivity index (χ3v) is 9.28. The van der Waals surface area contributed by atoms with E-state index in [-0.39, 0.29) is 44.5 Å². The molecule has 6 nitrogen and oxygen atoms in total. The number of pyridine rings is 1. The number of amides is 1. The second-order valence-electron chi connectivity index (χ2n) is 10.3. The van der Waals surface area contributed by atoms with Gasteiger partial charge in [0.15, 0.2) is 5.82 Å². The first-order valence-electron chi connectivity index (χ1n) is 12.6. The minimum absolute atomic E-state index is 0.0511. The molecule has 13 heteroatoms. The third kappa shape index (κ3) is 5.49. The molecular weight excluding hydrogens is 534 g/mol. The van der Waals surface area contributed by atoms with Crippen LogP contribution in [0.15, 0.2) is 35.4 Å². The summed E-state index contributed by atoms with van der Waals surface area (Å²) in [5, 5.41) is 2.64. The highest BCUT2D eigenvalue weighted by Gasteiger charge is 2.50. The lowest BCUT2D eigenvalue weighted by Gasteiger charge is -2.41. The number of fused-ring (bicyclic) bond motifs is 2. The molecule has 1 N–H and O–H groups in total. The summed E-state index contributed by atoms with van der Waals surface area (Å²) in [5.74, 6) is -2.64. The molecule has 4 heterocycles. The highest BCUT2D eigenvalue weighted by Crippen LogP contribution is 2.47. The zero-order chi connectivity index (χ0) is 27.2. The second kappa shape index (κ2) is 10.6. The number of aromatic nitrogens is 1. The van der Waals surface area contributed by atoms with E-state index in [1.165, 1.54) is 28.6 Å². The van der Waals surface area contributed by atoms with Gasteiger partial charge >= 0.3 is 6.18 Å². The van der Waals surface area contributed by atoms with Crippen molar-refractivity contribution >= 4 is 22.6 Å². The zero-order valence-corrected chi connectivity index (χ0v) is 21.2. The summed E-state index contributed by atoms with van der Waals surface area (Å²) in [4.78, 5) is 19.0. The van der Waals surface area contributed by atoms with Crippen LogP contribution in [0.2, 0.25) is 0 Å². The van der Waals surface area contributed by atoms with Crippen LogP contribution in [0.25, 0.3) is 0 Å². The third-order valence-electron chi connectivity index (χ3n) is 7.75. The molecule has 208 valence electrons. The van der Waals surface area contributed by atoms with Crippen LogP contribution in [-0.2, 0) is 22.3 Å². The molecule has 38 heavy (non-hydrogen) atoms. The quantitative estimate of drug-likeness (QED) is 0.522. The fourth-order valence-corrected chi connectivity index (χ4v) is 7.33. The Morgan fingerprint density at radius 2 is 1.87 bits per heavy atom. The van der Waals surface area contributed by atoms with Gasteiger partial charge in [0.25, 0.3) is 0 Å². The Morgan fingerprint density at radius 3 is 2.50 bits per heavy atom. The van der Waals surface area contributed by atoms with Gasteiger partial charge in [-0.2, -0.15) is 13.2 Å². The van der Waals surface area contributed by atoms with Gasteiger partial charge < -0.3 is 10.2 Å². The number of nitrogens with zero attached hydrogens (tertiary/aromatic N) is 3. The Kier molecular flexibility index (Phi) is 7.60. The van der Waals surface area contributed by atoms with Crippen LogP contribution in [0.3, 0.4) is 0 Å². The summed E-state index contributed by atoms with van der Waals surface area (Å²) in [6, 6.07) is -0.457. The highest BCUT2D eigenvalue weighted by molar-refractivity contribution is 7.87. The molecule has 0 aromatic carbocycles. The molecule has 1 aromatic rings. The van der Waals surface area contributed by atoms with E-state index in [0.29, 0.717) is 23.4 Å². The molecule has 4 aliphatic rings. The fraction of sp³-hybridized carbons (Fsp3) is 0.600. The van der Waals surface area contributed by atoms with Gasteiger partial charge in [-0.3, -0.25) is 9.78 Å². The van der Waals surface area contributed by atoms with Gasteiger partial charge in [0, 0.05) is 31.5 Å². The highest BCUT2D eigenvalue weighted by atomic mass is 32.2. The Hall–Kier alpha value is -2.41. The van der Waals surface area contributed by atoms with Gasteiger partial charge in [-0.25, -0.2) is 21.7 Å². The number of carbonyl (C=O) groups is 1. The maximum atomic E-state index is 14.8. The smallest absolute Gasteiger partial charge is 0.363 e. The number of allylic oxidation sites excluding steroid dienone is 3. The molecule has 1 amide bonds. The second-order valence-corrected chi connectivity index (χ2v) is 11.7. The van der Waals surface area contributed by atoms with E-state index in [2.05, 4.69) is 10.3 Å². The Labute approximate surface area is 218 Å². The summed E-state index contributed by atoms with van der Waals surface area (Å²) in [7, 11) is -1.85. The van der Waals surface area contributed by atoms with Gasteiger partial charge in [-0.15, -0.1) is 0 Å². The summed E-state index contributed by atoms with van der Waals surface area (Å²) < 4.78 is 96.5. The van der Waals surface area contributed by atoms with Crippen molar-refractivity contribution in [2.45, 2.75) is 81.7 Å². The first kappa shape index (κ1) is 27.2. The Bertz CT molecular complexity index is 1150. The number of hydrogen-bond donors (Lipinski definition) is 1. The number of piperidine rings is 1. The van der Waals surface area contributed by atoms with E-state index in [1.807, 2.05) is 0 Å². The number of nitrogens with one attached hydrogen (secondary N) is 1. The van der Waals surface area contributed by atoms with Crippen LogP contribution < -0.4 is 10.2 Å². The monoisotopic (exact) mass is 562 g/mol. The standard InChI is InChI=1S/C25H28F6N4O2S/c26-15-1-5-20(6-2-15)38(37)34-13-16(27)9-23(34)24(36)33-11-17-10-22(21(28)12-32-17)35-18-3-4-19(35)8-14(7-18)25(29,30)31/h1,5-6,10,12,14-16,18-19,23H,2-4,7-9,11,13H2,(H,33,36)/t14?,15?,16-,18?,19?,23+,38?/m1/s1. The summed E-state index contributed by atoms with van der Waals surface area (Å²) in [6.45, 7) is -0.342. The maximum Gasteiger partial charge on any atom is 0.391 e. The predicted octanol–water partition coefficient (Wildman–Crippen LogP) is 4.40. The van der Waals surface area contributed by atoms with E-state index in [9.17, 15) is 35.3 Å². The molecular formula is C25H28F6N4O2S. The van der Waals surface area contributed by atoms with Crippen molar-refractivity contribution < 1.29 is 35.3 Å². The molecule has 3 aliphatic heterocycles. The van der Waals surface area contributed by atoms with Gasteiger partial charge in [0.1, 0.15) is 29.4 Å². The van der Waals surface area contributed by atoms with E-state index in [4.69, 9.17) is 0 Å². The van der Waals surface area contributed by atoms with Crippen LogP contribution in [0.5, 0.6) is 0 Å². The first-order valence-corrected chi connectivity index (χ1v) is 13.7. The van der Waals surface area contributed by atoms with Crippen molar-refractivity contribution in [2.24, 2.45) is 5.92 Å². The number of alkyl halides is 5. The molecule has 1 aliphatic carbocycles. The minimum Gasteiger partial charge on any atom is -0.363 e. The van der Waals surface area contributed by atoms with Crippen molar-refractivity contribution in [1.29, 1.82) is 0 Å². The number of anilines is 1.